The highest BCUT2D eigenvalue weighted by Crippen LogP contribution is 2.24. The maximum Gasteiger partial charge on any atom is 0.271 e. The van der Waals surface area contributed by atoms with Gasteiger partial charge in [-0.15, -0.1) is 11.3 Å². The number of hydrogen-bond donors (Lipinski definition) is 1. The first-order chi connectivity index (χ1) is 9.63. The number of amides is 2. The summed E-state index contributed by atoms with van der Waals surface area (Å²) in [6.45, 7) is 0.541. The molecule has 0 aliphatic carbocycles. The summed E-state index contributed by atoms with van der Waals surface area (Å²) < 4.78 is 5.24. The summed E-state index contributed by atoms with van der Waals surface area (Å²) in [5.74, 6) is 0.432. The van der Waals surface area contributed by atoms with Crippen molar-refractivity contribution in [2.24, 2.45) is 0 Å². The number of nitrogens with one attached hydrogen (secondary N) is 1. The molecule has 2 aromatic rings. The largest absolute Gasteiger partial charge is 0.462 e. The van der Waals surface area contributed by atoms with E-state index in [1.165, 1.54) is 11.3 Å². The average Bonchev–Trinajstić information content (AvgIpc) is 3.12. The van der Waals surface area contributed by atoms with Gasteiger partial charge in [0.15, 0.2) is 10.8 Å². The van der Waals surface area contributed by atoms with E-state index in [1.807, 2.05) is 0 Å². The number of likely N-dealkylation sites (N-methyl/N-ethyl adjacent to an activating group) is 1. The predicted molar refractivity (Wildman–Crippen MR) is 73.3 cm³/mol. The molecular weight excluding hydrogens is 278 g/mol. The number of rotatable bonds is 3. The van der Waals surface area contributed by atoms with Crippen molar-refractivity contribution in [3.8, 4) is 10.8 Å². The van der Waals surface area contributed by atoms with Crippen LogP contribution in [0.5, 0.6) is 0 Å². The third-order valence-corrected chi connectivity index (χ3v) is 4.00. The standard InChI is InChI=1S/C13H13N3O3S/c1-16-6-8(5-11(16)17)14-12(18)9-7-20-13(15-9)10-3-2-4-19-10/h2-4,7-8H,5-6H2,1H3,(H,14,18). The molecule has 6 nitrogen and oxygen atoms in total. The molecule has 0 bridgehead atoms. The van der Waals surface area contributed by atoms with Crippen molar-refractivity contribution in [1.82, 2.24) is 15.2 Å². The molecule has 1 unspecified atom stereocenters. The van der Waals surface area contributed by atoms with Gasteiger partial charge in [-0.3, -0.25) is 9.59 Å². The van der Waals surface area contributed by atoms with Crippen molar-refractivity contribution in [1.29, 1.82) is 0 Å². The molecule has 1 fully saturated rings. The molecule has 1 atom stereocenters. The molecule has 2 aromatic heterocycles. The van der Waals surface area contributed by atoms with Crippen LogP contribution in [-0.4, -0.2) is 41.3 Å². The van der Waals surface area contributed by atoms with Crippen LogP contribution in [0.25, 0.3) is 10.8 Å². The van der Waals surface area contributed by atoms with Crippen LogP contribution < -0.4 is 5.32 Å². The summed E-state index contributed by atoms with van der Waals surface area (Å²) in [4.78, 5) is 29.3. The summed E-state index contributed by atoms with van der Waals surface area (Å²) in [6.07, 6.45) is 1.91. The van der Waals surface area contributed by atoms with Crippen molar-refractivity contribution in [3.63, 3.8) is 0 Å². The van der Waals surface area contributed by atoms with Gasteiger partial charge >= 0.3 is 0 Å². The second kappa shape index (κ2) is 5.09. The molecule has 0 aromatic carbocycles. The van der Waals surface area contributed by atoms with Crippen LogP contribution >= 0.6 is 11.3 Å². The highest BCUT2D eigenvalue weighted by Gasteiger charge is 2.28. The van der Waals surface area contributed by atoms with Crippen LogP contribution in [0, 0.1) is 0 Å². The van der Waals surface area contributed by atoms with E-state index in [-0.39, 0.29) is 17.9 Å². The minimum Gasteiger partial charge on any atom is -0.462 e. The highest BCUT2D eigenvalue weighted by molar-refractivity contribution is 7.13. The number of nitrogens with zero attached hydrogens (tertiary/aromatic N) is 2. The van der Waals surface area contributed by atoms with Gasteiger partial charge in [0.05, 0.1) is 12.3 Å². The zero-order valence-corrected chi connectivity index (χ0v) is 11.6. The summed E-state index contributed by atoms with van der Waals surface area (Å²) in [6, 6.07) is 3.43. The zero-order valence-electron chi connectivity index (χ0n) is 10.8. The van der Waals surface area contributed by atoms with Crippen LogP contribution in [0.4, 0.5) is 0 Å². The van der Waals surface area contributed by atoms with Gasteiger partial charge in [0.1, 0.15) is 5.69 Å². The van der Waals surface area contributed by atoms with E-state index < -0.39 is 0 Å². The minimum atomic E-state index is -0.257. The Morgan fingerprint density at radius 3 is 3.10 bits per heavy atom. The molecule has 1 N–H and O–H groups in total. The van der Waals surface area contributed by atoms with Crippen molar-refractivity contribution >= 4 is 23.2 Å². The van der Waals surface area contributed by atoms with Crippen LogP contribution in [-0.2, 0) is 4.79 Å². The SMILES string of the molecule is CN1CC(NC(=O)c2csc(-c3ccco3)n2)CC1=O. The molecular formula is C13H13N3O3S. The van der Waals surface area contributed by atoms with Gasteiger partial charge in [0.25, 0.3) is 5.91 Å². The Balaban J connectivity index is 1.68. The lowest BCUT2D eigenvalue weighted by Crippen LogP contribution is -2.36. The molecule has 3 rings (SSSR count). The second-order valence-electron chi connectivity index (χ2n) is 4.66. The monoisotopic (exact) mass is 291 g/mol. The molecule has 20 heavy (non-hydrogen) atoms. The maximum atomic E-state index is 12.1. The van der Waals surface area contributed by atoms with E-state index in [9.17, 15) is 9.59 Å². The molecule has 1 saturated heterocycles. The lowest BCUT2D eigenvalue weighted by molar-refractivity contribution is -0.126. The Morgan fingerprint density at radius 2 is 2.45 bits per heavy atom. The Bertz CT molecular complexity index is 635. The molecule has 104 valence electrons. The van der Waals surface area contributed by atoms with Crippen LogP contribution in [0.2, 0.25) is 0 Å². The predicted octanol–water partition coefficient (Wildman–Crippen LogP) is 1.36. The topological polar surface area (TPSA) is 75.4 Å². The maximum absolute atomic E-state index is 12.1. The van der Waals surface area contributed by atoms with Gasteiger partial charge in [-0.1, -0.05) is 0 Å². The first-order valence-corrected chi connectivity index (χ1v) is 7.05. The van der Waals surface area contributed by atoms with Crippen molar-refractivity contribution in [2.75, 3.05) is 13.6 Å². The molecule has 0 saturated carbocycles. The minimum absolute atomic E-state index is 0.0462. The number of aromatic nitrogens is 1. The number of carbonyl (C=O) groups is 2. The number of hydrogen-bond acceptors (Lipinski definition) is 5. The molecule has 1 aliphatic rings. The summed E-state index contributed by atoms with van der Waals surface area (Å²) >= 11 is 1.35. The van der Waals surface area contributed by atoms with Gasteiger partial charge in [0.2, 0.25) is 5.91 Å². The second-order valence-corrected chi connectivity index (χ2v) is 5.52. The number of likely N-dealkylation sites (tertiary alicyclic amines) is 1. The number of furan rings is 1. The van der Waals surface area contributed by atoms with Crippen molar-refractivity contribution in [3.05, 3.63) is 29.5 Å². The first kappa shape index (κ1) is 12.9. The van der Waals surface area contributed by atoms with Crippen molar-refractivity contribution in [2.45, 2.75) is 12.5 Å². The van der Waals surface area contributed by atoms with Crippen LogP contribution in [0.1, 0.15) is 16.9 Å². The average molecular weight is 291 g/mol. The third kappa shape index (κ3) is 2.44. The van der Waals surface area contributed by atoms with E-state index in [2.05, 4.69) is 10.3 Å². The Kier molecular flexibility index (Phi) is 3.27. The summed E-state index contributed by atoms with van der Waals surface area (Å²) in [7, 11) is 1.73. The van der Waals surface area contributed by atoms with E-state index in [0.717, 1.165) is 0 Å². The van der Waals surface area contributed by atoms with Gasteiger partial charge in [-0.2, -0.15) is 0 Å². The fourth-order valence-electron chi connectivity index (χ4n) is 2.11. The fraction of sp³-hybridized carbons (Fsp3) is 0.308. The molecule has 1 aliphatic heterocycles. The lowest BCUT2D eigenvalue weighted by Gasteiger charge is -2.11. The Morgan fingerprint density at radius 1 is 1.60 bits per heavy atom. The summed E-state index contributed by atoms with van der Waals surface area (Å²) in [5, 5.41) is 5.18. The van der Waals surface area contributed by atoms with E-state index in [1.54, 1.807) is 35.7 Å². The van der Waals surface area contributed by atoms with E-state index in [0.29, 0.717) is 29.4 Å². The Hall–Kier alpha value is -2.15. The number of carbonyl (C=O) groups excluding carboxylic acids is 2. The third-order valence-electron chi connectivity index (χ3n) is 3.15. The molecule has 0 radical (unpaired) electrons. The van der Waals surface area contributed by atoms with Crippen LogP contribution in [0.15, 0.2) is 28.2 Å². The highest BCUT2D eigenvalue weighted by atomic mass is 32.1. The molecule has 0 spiro atoms. The zero-order chi connectivity index (χ0) is 14.1. The Labute approximate surface area is 119 Å². The van der Waals surface area contributed by atoms with Crippen LogP contribution in [0.3, 0.4) is 0 Å². The van der Waals surface area contributed by atoms with Gasteiger partial charge in [0, 0.05) is 25.4 Å². The van der Waals surface area contributed by atoms with Gasteiger partial charge in [-0.25, -0.2) is 4.98 Å². The fourth-order valence-corrected chi connectivity index (χ4v) is 2.88. The normalized spacial score (nSPS) is 18.6. The summed E-state index contributed by atoms with van der Waals surface area (Å²) in [5.41, 5.74) is 0.350. The first-order valence-electron chi connectivity index (χ1n) is 6.17. The van der Waals surface area contributed by atoms with Gasteiger partial charge in [-0.05, 0) is 12.1 Å². The van der Waals surface area contributed by atoms with Crippen molar-refractivity contribution < 1.29 is 14.0 Å². The van der Waals surface area contributed by atoms with Gasteiger partial charge < -0.3 is 14.6 Å². The molecule has 7 heteroatoms. The smallest absolute Gasteiger partial charge is 0.271 e. The van der Waals surface area contributed by atoms with E-state index >= 15 is 0 Å². The molecule has 2 amide bonds. The quantitative estimate of drug-likeness (QED) is 0.926. The molecule has 3 heterocycles. The number of thiazole rings is 1. The van der Waals surface area contributed by atoms with E-state index in [4.69, 9.17) is 4.42 Å². The lowest BCUT2D eigenvalue weighted by atomic mass is 10.2.